The Labute approximate surface area is 116 Å². The van der Waals surface area contributed by atoms with E-state index in [0.717, 1.165) is 10.4 Å². The number of aliphatic carboxylic acids is 1. The summed E-state index contributed by atoms with van der Waals surface area (Å²) in [5, 5.41) is 8.74. The first-order chi connectivity index (χ1) is 8.59. The molecule has 0 amide bonds. The van der Waals surface area contributed by atoms with Crippen LogP contribution in [-0.2, 0) is 18.3 Å². The molecule has 4 nitrogen and oxygen atoms in total. The summed E-state index contributed by atoms with van der Waals surface area (Å²) in [6.07, 6.45) is 6.98. The summed E-state index contributed by atoms with van der Waals surface area (Å²) in [4.78, 5) is 15.1. The van der Waals surface area contributed by atoms with E-state index in [4.69, 9.17) is 5.11 Å². The largest absolute Gasteiger partial charge is 0.481 e. The fourth-order valence-electron chi connectivity index (χ4n) is 2.78. The minimum absolute atomic E-state index is 0.140. The number of halogens is 1. The molecular weight excluding hydrogens is 296 g/mol. The van der Waals surface area contributed by atoms with Gasteiger partial charge in [-0.2, -0.15) is 0 Å². The van der Waals surface area contributed by atoms with Crippen LogP contribution in [-0.4, -0.2) is 20.6 Å². The third-order valence-electron chi connectivity index (χ3n) is 3.74. The second-order valence-corrected chi connectivity index (χ2v) is 5.74. The van der Waals surface area contributed by atoms with Gasteiger partial charge in [0.15, 0.2) is 0 Å². The molecular formula is C13H19BrN2O2. The van der Waals surface area contributed by atoms with Gasteiger partial charge in [0.2, 0.25) is 0 Å². The molecule has 0 spiro atoms. The third kappa shape index (κ3) is 2.94. The number of rotatable bonds is 4. The van der Waals surface area contributed by atoms with Crippen LogP contribution in [0.25, 0.3) is 0 Å². The highest BCUT2D eigenvalue weighted by atomic mass is 79.9. The Hall–Kier alpha value is -0.840. The quantitative estimate of drug-likeness (QED) is 0.928. The van der Waals surface area contributed by atoms with Crippen molar-refractivity contribution in [2.75, 3.05) is 0 Å². The zero-order valence-electron chi connectivity index (χ0n) is 10.7. The summed E-state index contributed by atoms with van der Waals surface area (Å²) < 4.78 is 2.99. The highest BCUT2D eigenvalue weighted by Crippen LogP contribution is 2.36. The molecule has 1 N–H and O–H groups in total. The summed E-state index contributed by atoms with van der Waals surface area (Å²) in [6, 6.07) is 0. The van der Waals surface area contributed by atoms with Crippen molar-refractivity contribution in [2.24, 2.45) is 7.05 Å². The molecule has 0 bridgehead atoms. The zero-order valence-corrected chi connectivity index (χ0v) is 12.2. The van der Waals surface area contributed by atoms with Crippen LogP contribution >= 0.6 is 15.9 Å². The SMILES string of the molecule is Cn1c(CCC(=O)O)nc(Br)c1C1CCCCC1. The normalized spacial score (nSPS) is 17.0. The van der Waals surface area contributed by atoms with Crippen molar-refractivity contribution in [1.29, 1.82) is 0 Å². The molecule has 0 saturated heterocycles. The second-order valence-electron chi connectivity index (χ2n) is 4.99. The number of nitrogens with zero attached hydrogens (tertiary/aromatic N) is 2. The topological polar surface area (TPSA) is 55.1 Å². The molecule has 0 aliphatic heterocycles. The van der Waals surface area contributed by atoms with Crippen molar-refractivity contribution in [3.63, 3.8) is 0 Å². The Balaban J connectivity index is 2.17. The predicted molar refractivity (Wildman–Crippen MR) is 72.7 cm³/mol. The number of carboxylic acids is 1. The number of aromatic nitrogens is 2. The van der Waals surface area contributed by atoms with Crippen LogP contribution in [0.5, 0.6) is 0 Å². The molecule has 18 heavy (non-hydrogen) atoms. The van der Waals surface area contributed by atoms with Gasteiger partial charge in [0.05, 0.1) is 12.1 Å². The first kappa shape index (κ1) is 13.6. The summed E-state index contributed by atoms with van der Waals surface area (Å²) in [5.41, 5.74) is 1.25. The van der Waals surface area contributed by atoms with Gasteiger partial charge in [-0.3, -0.25) is 4.79 Å². The first-order valence-corrected chi connectivity index (χ1v) is 7.31. The number of carboxylic acid groups (broad SMARTS) is 1. The van der Waals surface area contributed by atoms with Crippen LogP contribution in [0.3, 0.4) is 0 Å². The van der Waals surface area contributed by atoms with Crippen molar-refractivity contribution in [3.8, 4) is 0 Å². The smallest absolute Gasteiger partial charge is 0.303 e. The lowest BCUT2D eigenvalue weighted by Crippen LogP contribution is -2.11. The number of hydrogen-bond donors (Lipinski definition) is 1. The van der Waals surface area contributed by atoms with E-state index in [0.29, 0.717) is 12.3 Å². The first-order valence-electron chi connectivity index (χ1n) is 6.52. The number of imidazole rings is 1. The molecule has 0 radical (unpaired) electrons. The zero-order chi connectivity index (χ0) is 13.1. The van der Waals surface area contributed by atoms with Crippen LogP contribution in [0.1, 0.15) is 56.0 Å². The van der Waals surface area contributed by atoms with Gasteiger partial charge in [0.1, 0.15) is 10.4 Å². The average molecular weight is 315 g/mol. The minimum atomic E-state index is -0.770. The molecule has 0 aromatic carbocycles. The molecule has 0 unspecified atom stereocenters. The van der Waals surface area contributed by atoms with E-state index in [-0.39, 0.29) is 6.42 Å². The van der Waals surface area contributed by atoms with E-state index < -0.39 is 5.97 Å². The Morgan fingerprint density at radius 3 is 2.72 bits per heavy atom. The standard InChI is InChI=1S/C13H19BrN2O2/c1-16-10(7-8-11(17)18)15-13(14)12(16)9-5-3-2-4-6-9/h9H,2-8H2,1H3,(H,17,18). The maximum absolute atomic E-state index is 10.6. The number of carbonyl (C=O) groups is 1. The lowest BCUT2D eigenvalue weighted by molar-refractivity contribution is -0.137. The van der Waals surface area contributed by atoms with Crippen LogP contribution in [0.4, 0.5) is 0 Å². The summed E-state index contributed by atoms with van der Waals surface area (Å²) >= 11 is 3.53. The van der Waals surface area contributed by atoms with Gasteiger partial charge >= 0.3 is 5.97 Å². The van der Waals surface area contributed by atoms with Crippen molar-refractivity contribution >= 4 is 21.9 Å². The molecule has 1 fully saturated rings. The summed E-state index contributed by atoms with van der Waals surface area (Å²) in [7, 11) is 2.00. The van der Waals surface area contributed by atoms with Gasteiger partial charge in [-0.15, -0.1) is 0 Å². The van der Waals surface area contributed by atoms with Crippen LogP contribution < -0.4 is 0 Å². The van der Waals surface area contributed by atoms with Gasteiger partial charge in [0.25, 0.3) is 0 Å². The monoisotopic (exact) mass is 314 g/mol. The number of aryl methyl sites for hydroxylation is 1. The van der Waals surface area contributed by atoms with E-state index in [2.05, 4.69) is 25.5 Å². The Morgan fingerprint density at radius 1 is 1.44 bits per heavy atom. The van der Waals surface area contributed by atoms with E-state index in [9.17, 15) is 4.79 Å². The maximum atomic E-state index is 10.6. The molecule has 2 rings (SSSR count). The van der Waals surface area contributed by atoms with Gasteiger partial charge in [-0.1, -0.05) is 19.3 Å². The van der Waals surface area contributed by atoms with Gasteiger partial charge in [0, 0.05) is 19.4 Å². The van der Waals surface area contributed by atoms with Crippen molar-refractivity contribution in [2.45, 2.75) is 50.9 Å². The van der Waals surface area contributed by atoms with Crippen LogP contribution in [0, 0.1) is 0 Å². The predicted octanol–water partition coefficient (Wildman–Crippen LogP) is 3.25. The lowest BCUT2D eigenvalue weighted by Gasteiger charge is -2.22. The Kier molecular flexibility index (Phi) is 4.43. The molecule has 100 valence electrons. The molecule has 1 saturated carbocycles. The van der Waals surface area contributed by atoms with Crippen molar-refractivity contribution in [3.05, 3.63) is 16.1 Å². The second kappa shape index (κ2) is 5.87. The van der Waals surface area contributed by atoms with Crippen molar-refractivity contribution < 1.29 is 9.90 Å². The Morgan fingerprint density at radius 2 is 2.11 bits per heavy atom. The summed E-state index contributed by atoms with van der Waals surface area (Å²) in [5.74, 6) is 0.669. The highest BCUT2D eigenvalue weighted by Gasteiger charge is 2.23. The lowest BCUT2D eigenvalue weighted by atomic mass is 9.87. The molecule has 1 aliphatic rings. The van der Waals surface area contributed by atoms with E-state index in [1.165, 1.54) is 37.8 Å². The fourth-order valence-corrected chi connectivity index (χ4v) is 3.58. The molecule has 0 atom stereocenters. The van der Waals surface area contributed by atoms with Gasteiger partial charge < -0.3 is 9.67 Å². The Bertz CT molecular complexity index is 436. The summed E-state index contributed by atoms with van der Waals surface area (Å²) in [6.45, 7) is 0. The average Bonchev–Trinajstić information content (AvgIpc) is 2.63. The van der Waals surface area contributed by atoms with Gasteiger partial charge in [-0.25, -0.2) is 4.98 Å². The molecule has 5 heteroatoms. The maximum Gasteiger partial charge on any atom is 0.303 e. The van der Waals surface area contributed by atoms with Crippen molar-refractivity contribution in [1.82, 2.24) is 9.55 Å². The third-order valence-corrected chi connectivity index (χ3v) is 4.33. The van der Waals surface area contributed by atoms with E-state index in [1.54, 1.807) is 0 Å². The molecule has 1 heterocycles. The van der Waals surface area contributed by atoms with E-state index in [1.807, 2.05) is 7.05 Å². The molecule has 1 aromatic rings. The molecule has 1 aromatic heterocycles. The van der Waals surface area contributed by atoms with Gasteiger partial charge in [-0.05, 0) is 28.8 Å². The highest BCUT2D eigenvalue weighted by molar-refractivity contribution is 9.10. The van der Waals surface area contributed by atoms with E-state index >= 15 is 0 Å². The minimum Gasteiger partial charge on any atom is -0.481 e. The fraction of sp³-hybridized carbons (Fsp3) is 0.692. The van der Waals surface area contributed by atoms with Crippen LogP contribution in [0.2, 0.25) is 0 Å². The molecule has 1 aliphatic carbocycles. The van der Waals surface area contributed by atoms with Crippen LogP contribution in [0.15, 0.2) is 4.60 Å². The number of hydrogen-bond acceptors (Lipinski definition) is 2.